The summed E-state index contributed by atoms with van der Waals surface area (Å²) < 4.78 is 6.50. The second-order valence-electron chi connectivity index (χ2n) is 5.98. The van der Waals surface area contributed by atoms with Gasteiger partial charge in [-0.05, 0) is 49.6 Å². The van der Waals surface area contributed by atoms with E-state index < -0.39 is 5.97 Å². The molecule has 0 saturated carbocycles. The maximum absolute atomic E-state index is 11.8. The Balaban J connectivity index is 1.93. The highest BCUT2D eigenvalue weighted by atomic mass is 16.5. The zero-order valence-corrected chi connectivity index (χ0v) is 14.8. The molecule has 25 heavy (non-hydrogen) atoms. The van der Waals surface area contributed by atoms with E-state index in [0.29, 0.717) is 24.8 Å². The fourth-order valence-electron chi connectivity index (χ4n) is 2.13. The number of benzene rings is 1. The van der Waals surface area contributed by atoms with Gasteiger partial charge in [0.2, 0.25) is 0 Å². The number of carbonyl (C=O) groups is 2. The van der Waals surface area contributed by atoms with Crippen molar-refractivity contribution in [1.82, 2.24) is 15.1 Å². The number of anilines is 1. The first-order chi connectivity index (χ1) is 12.0. The van der Waals surface area contributed by atoms with Crippen molar-refractivity contribution in [2.45, 2.75) is 27.2 Å². The van der Waals surface area contributed by atoms with Gasteiger partial charge in [0.05, 0.1) is 12.3 Å². The predicted molar refractivity (Wildman–Crippen MR) is 96.0 cm³/mol. The van der Waals surface area contributed by atoms with Crippen LogP contribution in [0.15, 0.2) is 36.5 Å². The number of nitrogens with zero attached hydrogens (tertiary/aromatic N) is 2. The van der Waals surface area contributed by atoms with Crippen LogP contribution in [0.5, 0.6) is 0 Å². The van der Waals surface area contributed by atoms with Gasteiger partial charge in [-0.15, -0.1) is 0 Å². The largest absolute Gasteiger partial charge is 0.461 e. The summed E-state index contributed by atoms with van der Waals surface area (Å²) in [4.78, 5) is 23.4. The summed E-state index contributed by atoms with van der Waals surface area (Å²) in [6, 6.07) is 8.56. The molecule has 0 aliphatic heterocycles. The zero-order valence-electron chi connectivity index (χ0n) is 14.8. The molecule has 0 fully saturated rings. The molecule has 7 heteroatoms. The Morgan fingerprint density at radius 1 is 1.20 bits per heavy atom. The van der Waals surface area contributed by atoms with Crippen molar-refractivity contribution in [2.75, 3.05) is 18.5 Å². The molecule has 0 aliphatic carbocycles. The summed E-state index contributed by atoms with van der Waals surface area (Å²) in [6.07, 6.45) is 2.63. The van der Waals surface area contributed by atoms with Gasteiger partial charge in [-0.25, -0.2) is 14.3 Å². The second kappa shape index (κ2) is 8.86. The first-order valence-electron chi connectivity index (χ1n) is 8.37. The standard InChI is InChI=1S/C18H24N4O3/c1-4-25-17(23)16-10-12-22(21-16)15-7-5-14(6-8-15)20-18(24)19-11-9-13(2)3/h5-8,10,12-13H,4,9,11H2,1-3H3,(H2,19,20,24). The van der Waals surface area contributed by atoms with Gasteiger partial charge in [-0.3, -0.25) is 0 Å². The summed E-state index contributed by atoms with van der Waals surface area (Å²) >= 11 is 0. The molecule has 1 heterocycles. The topological polar surface area (TPSA) is 85.2 Å². The van der Waals surface area contributed by atoms with Crippen molar-refractivity contribution in [3.63, 3.8) is 0 Å². The van der Waals surface area contributed by atoms with Crippen LogP contribution in [-0.2, 0) is 4.74 Å². The van der Waals surface area contributed by atoms with Gasteiger partial charge in [0, 0.05) is 18.4 Å². The van der Waals surface area contributed by atoms with E-state index in [4.69, 9.17) is 4.74 Å². The summed E-state index contributed by atoms with van der Waals surface area (Å²) in [5.41, 5.74) is 1.72. The van der Waals surface area contributed by atoms with E-state index >= 15 is 0 Å². The zero-order chi connectivity index (χ0) is 18.2. The molecule has 134 valence electrons. The van der Waals surface area contributed by atoms with Crippen molar-refractivity contribution < 1.29 is 14.3 Å². The molecule has 2 rings (SSSR count). The van der Waals surface area contributed by atoms with E-state index in [2.05, 4.69) is 29.6 Å². The Morgan fingerprint density at radius 2 is 1.92 bits per heavy atom. The highest BCUT2D eigenvalue weighted by Gasteiger charge is 2.11. The lowest BCUT2D eigenvalue weighted by molar-refractivity contribution is 0.0519. The number of urea groups is 1. The first-order valence-corrected chi connectivity index (χ1v) is 8.37. The minimum Gasteiger partial charge on any atom is -0.461 e. The van der Waals surface area contributed by atoms with E-state index in [1.165, 1.54) is 0 Å². The lowest BCUT2D eigenvalue weighted by Gasteiger charge is -2.09. The van der Waals surface area contributed by atoms with Crippen LogP contribution in [-0.4, -0.2) is 34.9 Å². The molecule has 0 bridgehead atoms. The minimum absolute atomic E-state index is 0.225. The lowest BCUT2D eigenvalue weighted by atomic mass is 10.1. The molecule has 0 aliphatic rings. The fraction of sp³-hybridized carbons (Fsp3) is 0.389. The number of esters is 1. The predicted octanol–water partition coefficient (Wildman–Crippen LogP) is 3.22. The quantitative estimate of drug-likeness (QED) is 0.755. The van der Waals surface area contributed by atoms with Gasteiger partial charge in [-0.2, -0.15) is 5.10 Å². The maximum atomic E-state index is 11.8. The molecular weight excluding hydrogens is 320 g/mol. The summed E-state index contributed by atoms with van der Waals surface area (Å²) in [7, 11) is 0. The molecule has 0 atom stereocenters. The van der Waals surface area contributed by atoms with E-state index in [1.54, 1.807) is 36.0 Å². The lowest BCUT2D eigenvalue weighted by Crippen LogP contribution is -2.30. The Labute approximate surface area is 147 Å². The van der Waals surface area contributed by atoms with Crippen LogP contribution in [0.1, 0.15) is 37.7 Å². The normalized spacial score (nSPS) is 10.6. The number of carbonyl (C=O) groups excluding carboxylic acids is 2. The molecule has 2 N–H and O–H groups in total. The molecule has 1 aromatic carbocycles. The Bertz CT molecular complexity index is 707. The van der Waals surface area contributed by atoms with Crippen molar-refractivity contribution in [1.29, 1.82) is 0 Å². The minimum atomic E-state index is -0.447. The van der Waals surface area contributed by atoms with Gasteiger partial charge >= 0.3 is 12.0 Å². The Hall–Kier alpha value is -2.83. The van der Waals surface area contributed by atoms with Crippen molar-refractivity contribution >= 4 is 17.7 Å². The first kappa shape index (κ1) is 18.5. The van der Waals surface area contributed by atoms with Gasteiger partial charge < -0.3 is 15.4 Å². The SMILES string of the molecule is CCOC(=O)c1ccn(-c2ccc(NC(=O)NCCC(C)C)cc2)n1. The molecule has 1 aromatic heterocycles. The summed E-state index contributed by atoms with van der Waals surface area (Å²) in [5, 5.41) is 9.79. The summed E-state index contributed by atoms with van der Waals surface area (Å²) in [6.45, 7) is 6.93. The van der Waals surface area contributed by atoms with E-state index in [1.807, 2.05) is 12.1 Å². The number of hydrogen-bond donors (Lipinski definition) is 2. The van der Waals surface area contributed by atoms with Crippen molar-refractivity contribution in [3.05, 3.63) is 42.2 Å². The smallest absolute Gasteiger partial charge is 0.358 e. The van der Waals surface area contributed by atoms with E-state index in [0.717, 1.165) is 12.1 Å². The van der Waals surface area contributed by atoms with Gasteiger partial charge in [0.15, 0.2) is 5.69 Å². The third-order valence-electron chi connectivity index (χ3n) is 3.47. The fourth-order valence-corrected chi connectivity index (χ4v) is 2.13. The van der Waals surface area contributed by atoms with E-state index in [-0.39, 0.29) is 11.7 Å². The number of aromatic nitrogens is 2. The van der Waals surface area contributed by atoms with Crippen LogP contribution in [0.25, 0.3) is 5.69 Å². The third-order valence-corrected chi connectivity index (χ3v) is 3.47. The average molecular weight is 344 g/mol. The molecule has 0 saturated heterocycles. The number of ether oxygens (including phenoxy) is 1. The van der Waals surface area contributed by atoms with E-state index in [9.17, 15) is 9.59 Å². The highest BCUT2D eigenvalue weighted by Crippen LogP contribution is 2.13. The molecule has 0 radical (unpaired) electrons. The van der Waals surface area contributed by atoms with Crippen LogP contribution in [0.3, 0.4) is 0 Å². The van der Waals surface area contributed by atoms with Crippen LogP contribution in [0.4, 0.5) is 10.5 Å². The van der Waals surface area contributed by atoms with Crippen LogP contribution < -0.4 is 10.6 Å². The third kappa shape index (κ3) is 5.63. The van der Waals surface area contributed by atoms with Crippen LogP contribution in [0.2, 0.25) is 0 Å². The van der Waals surface area contributed by atoms with Crippen LogP contribution >= 0.6 is 0 Å². The van der Waals surface area contributed by atoms with Crippen LogP contribution in [0, 0.1) is 5.92 Å². The summed E-state index contributed by atoms with van der Waals surface area (Å²) in [5.74, 6) is 0.103. The average Bonchev–Trinajstić information content (AvgIpc) is 3.05. The van der Waals surface area contributed by atoms with Gasteiger partial charge in [-0.1, -0.05) is 13.8 Å². The van der Waals surface area contributed by atoms with Crippen molar-refractivity contribution in [3.8, 4) is 5.69 Å². The monoisotopic (exact) mass is 344 g/mol. The van der Waals surface area contributed by atoms with Crippen molar-refractivity contribution in [2.24, 2.45) is 5.92 Å². The number of nitrogens with one attached hydrogen (secondary N) is 2. The molecule has 0 unspecified atom stereocenters. The molecular formula is C18H24N4O3. The number of rotatable bonds is 7. The number of amides is 2. The molecule has 2 aromatic rings. The number of hydrogen-bond acceptors (Lipinski definition) is 4. The van der Waals surface area contributed by atoms with Gasteiger partial charge in [0.25, 0.3) is 0 Å². The molecule has 0 spiro atoms. The molecule has 7 nitrogen and oxygen atoms in total. The maximum Gasteiger partial charge on any atom is 0.358 e. The van der Waals surface area contributed by atoms with Gasteiger partial charge in [0.1, 0.15) is 0 Å². The highest BCUT2D eigenvalue weighted by molar-refractivity contribution is 5.89. The molecule has 2 amide bonds. The Kier molecular flexibility index (Phi) is 6.56. The second-order valence-corrected chi connectivity index (χ2v) is 5.98. The Morgan fingerprint density at radius 3 is 2.56 bits per heavy atom.